The molecule has 0 saturated carbocycles. The molecule has 1 rings (SSSR count). The summed E-state index contributed by atoms with van der Waals surface area (Å²) in [6, 6.07) is 0. The molecule has 1 aliphatic heterocycles. The number of carbonyl (C=O) groups is 1. The normalized spacial score (nSPS) is 16.2. The highest BCUT2D eigenvalue weighted by atomic mass is 35.6. The zero-order valence-corrected chi connectivity index (χ0v) is 11.7. The highest BCUT2D eigenvalue weighted by Crippen LogP contribution is 2.36. The Morgan fingerprint density at radius 1 is 1.61 bits per heavy atom. The van der Waals surface area contributed by atoms with Gasteiger partial charge in [-0.25, -0.2) is 9.80 Å². The van der Waals surface area contributed by atoms with Crippen molar-refractivity contribution in [2.45, 2.75) is 10.7 Å². The van der Waals surface area contributed by atoms with Crippen LogP contribution in [0.4, 0.5) is 0 Å². The molecule has 0 aliphatic carbocycles. The summed E-state index contributed by atoms with van der Waals surface area (Å²) in [5.41, 5.74) is 2.31. The van der Waals surface area contributed by atoms with Crippen molar-refractivity contribution in [2.75, 3.05) is 13.7 Å². The number of alkyl halides is 3. The van der Waals surface area contributed by atoms with Crippen molar-refractivity contribution in [1.29, 1.82) is 0 Å². The molecule has 1 heterocycles. The average molecular weight is 319 g/mol. The second-order valence-corrected chi connectivity index (χ2v) is 5.15. The number of carbonyl (C=O) groups excluding carboxylic acids is 1. The van der Waals surface area contributed by atoms with E-state index in [0.29, 0.717) is 0 Å². The van der Waals surface area contributed by atoms with Gasteiger partial charge < -0.3 is 14.4 Å². The Hall–Kier alpha value is -0.890. The lowest BCUT2D eigenvalue weighted by molar-refractivity contribution is -0.136. The SMILES string of the molecule is CCOC(=O)C(=NOC)N1C=C(C(Cl)(Cl)Cl)ON1. The number of oxime groups is 1. The summed E-state index contributed by atoms with van der Waals surface area (Å²) in [7, 11) is 1.27. The molecule has 0 bridgehead atoms. The minimum Gasteiger partial charge on any atom is -0.460 e. The monoisotopic (exact) mass is 317 g/mol. The maximum Gasteiger partial charge on any atom is 0.379 e. The Bertz CT molecular complexity index is 380. The summed E-state index contributed by atoms with van der Waals surface area (Å²) in [5.74, 6) is -0.957. The standard InChI is InChI=1S/C8H10Cl3N3O4/c1-3-17-7(15)6(12-16-2)14-4-5(18-13-14)8(9,10)11/h4,13H,3H2,1-2H3. The summed E-state index contributed by atoms with van der Waals surface area (Å²) < 4.78 is 3.01. The van der Waals surface area contributed by atoms with Crippen LogP contribution in [0.2, 0.25) is 0 Å². The average Bonchev–Trinajstić information content (AvgIpc) is 2.74. The Kier molecular flexibility index (Phi) is 5.33. The van der Waals surface area contributed by atoms with Gasteiger partial charge in [0.15, 0.2) is 5.76 Å². The van der Waals surface area contributed by atoms with Gasteiger partial charge in [-0.3, -0.25) is 0 Å². The fourth-order valence-electron chi connectivity index (χ4n) is 0.965. The van der Waals surface area contributed by atoms with Gasteiger partial charge in [-0.15, -0.1) is 0 Å². The number of hydrogen-bond acceptors (Lipinski definition) is 6. The Balaban J connectivity index is 2.88. The number of amidine groups is 1. The van der Waals surface area contributed by atoms with Gasteiger partial charge in [0.05, 0.1) is 12.8 Å². The minimum atomic E-state index is -1.77. The number of esters is 1. The molecule has 10 heteroatoms. The molecule has 0 unspecified atom stereocenters. The molecule has 0 atom stereocenters. The predicted octanol–water partition coefficient (Wildman–Crippen LogP) is 1.47. The number of allylic oxidation sites excluding steroid dienone is 1. The fraction of sp³-hybridized carbons (Fsp3) is 0.500. The third-order valence-electron chi connectivity index (χ3n) is 1.64. The van der Waals surface area contributed by atoms with Crippen LogP contribution < -0.4 is 5.59 Å². The molecule has 0 aromatic rings. The van der Waals surface area contributed by atoms with Crippen molar-refractivity contribution in [1.82, 2.24) is 10.6 Å². The number of rotatable bonds is 2. The van der Waals surface area contributed by atoms with Gasteiger partial charge in [0.2, 0.25) is 0 Å². The molecule has 0 fully saturated rings. The van der Waals surface area contributed by atoms with Crippen LogP contribution in [0.15, 0.2) is 17.1 Å². The zero-order chi connectivity index (χ0) is 13.8. The smallest absolute Gasteiger partial charge is 0.379 e. The molecular formula is C8H10Cl3N3O4. The number of nitrogens with zero attached hydrogens (tertiary/aromatic N) is 2. The summed E-state index contributed by atoms with van der Waals surface area (Å²) in [5, 5.41) is 4.56. The second kappa shape index (κ2) is 6.33. The van der Waals surface area contributed by atoms with E-state index < -0.39 is 9.76 Å². The van der Waals surface area contributed by atoms with Crippen LogP contribution >= 0.6 is 34.8 Å². The summed E-state index contributed by atoms with van der Waals surface area (Å²) in [6.45, 7) is 1.83. The molecular weight excluding hydrogens is 308 g/mol. The first-order valence-electron chi connectivity index (χ1n) is 4.69. The first-order valence-corrected chi connectivity index (χ1v) is 5.82. The van der Waals surface area contributed by atoms with Crippen molar-refractivity contribution in [3.63, 3.8) is 0 Å². The van der Waals surface area contributed by atoms with Gasteiger partial charge in [-0.1, -0.05) is 45.5 Å². The van der Waals surface area contributed by atoms with E-state index in [0.717, 1.165) is 5.01 Å². The van der Waals surface area contributed by atoms with Gasteiger partial charge in [0, 0.05) is 0 Å². The lowest BCUT2D eigenvalue weighted by Gasteiger charge is -2.13. The molecule has 0 aromatic carbocycles. The molecule has 18 heavy (non-hydrogen) atoms. The molecule has 1 N–H and O–H groups in total. The maximum absolute atomic E-state index is 11.6. The zero-order valence-electron chi connectivity index (χ0n) is 9.45. The van der Waals surface area contributed by atoms with E-state index in [1.165, 1.54) is 13.3 Å². The first-order chi connectivity index (χ1) is 8.40. The number of hydrazine groups is 1. The quantitative estimate of drug-likeness (QED) is 0.273. The van der Waals surface area contributed by atoms with Crippen LogP contribution in [0.5, 0.6) is 0 Å². The van der Waals surface area contributed by atoms with Crippen LogP contribution in [-0.2, 0) is 19.2 Å². The van der Waals surface area contributed by atoms with Crippen molar-refractivity contribution >= 4 is 46.6 Å². The van der Waals surface area contributed by atoms with Gasteiger partial charge in [-0.05, 0) is 6.92 Å². The van der Waals surface area contributed by atoms with E-state index in [9.17, 15) is 4.79 Å². The van der Waals surface area contributed by atoms with Crippen LogP contribution in [0.3, 0.4) is 0 Å². The maximum atomic E-state index is 11.6. The van der Waals surface area contributed by atoms with Gasteiger partial charge in [0.25, 0.3) is 9.63 Å². The molecule has 0 radical (unpaired) electrons. The summed E-state index contributed by atoms with van der Waals surface area (Å²) in [6.07, 6.45) is 1.24. The molecule has 0 amide bonds. The van der Waals surface area contributed by atoms with Gasteiger partial charge in [0.1, 0.15) is 7.11 Å². The largest absolute Gasteiger partial charge is 0.460 e. The van der Waals surface area contributed by atoms with Crippen LogP contribution in [0.25, 0.3) is 0 Å². The van der Waals surface area contributed by atoms with E-state index in [1.54, 1.807) is 6.92 Å². The van der Waals surface area contributed by atoms with E-state index in [2.05, 4.69) is 15.6 Å². The van der Waals surface area contributed by atoms with Crippen LogP contribution in [0, 0.1) is 0 Å². The minimum absolute atomic E-state index is 0.0272. The van der Waals surface area contributed by atoms with Crippen molar-refractivity contribution in [2.24, 2.45) is 5.16 Å². The number of halogens is 3. The first kappa shape index (κ1) is 15.2. The van der Waals surface area contributed by atoms with E-state index in [1.807, 2.05) is 0 Å². The highest BCUT2D eigenvalue weighted by molar-refractivity contribution is 6.69. The van der Waals surface area contributed by atoms with Crippen LogP contribution in [0.1, 0.15) is 6.92 Å². The summed E-state index contributed by atoms with van der Waals surface area (Å²) in [4.78, 5) is 21.0. The lowest BCUT2D eigenvalue weighted by Crippen LogP contribution is -2.40. The highest BCUT2D eigenvalue weighted by Gasteiger charge is 2.36. The molecule has 102 valence electrons. The Labute approximate surface area is 118 Å². The van der Waals surface area contributed by atoms with Crippen molar-refractivity contribution in [3.8, 4) is 0 Å². The molecule has 0 saturated heterocycles. The predicted molar refractivity (Wildman–Crippen MR) is 65.5 cm³/mol. The van der Waals surface area contributed by atoms with E-state index in [-0.39, 0.29) is 18.2 Å². The number of hydrogen-bond donors (Lipinski definition) is 1. The van der Waals surface area contributed by atoms with Gasteiger partial charge >= 0.3 is 5.97 Å². The Morgan fingerprint density at radius 2 is 2.28 bits per heavy atom. The molecule has 1 aliphatic rings. The molecule has 0 aromatic heterocycles. The lowest BCUT2D eigenvalue weighted by atomic mass is 10.5. The van der Waals surface area contributed by atoms with Crippen molar-refractivity contribution < 1.29 is 19.2 Å². The summed E-state index contributed by atoms with van der Waals surface area (Å²) >= 11 is 16.8. The third kappa shape index (κ3) is 3.81. The fourth-order valence-corrected chi connectivity index (χ4v) is 1.23. The number of ether oxygens (including phenoxy) is 1. The second-order valence-electron chi connectivity index (χ2n) is 2.87. The Morgan fingerprint density at radius 3 is 2.72 bits per heavy atom. The third-order valence-corrected chi connectivity index (χ3v) is 2.20. The molecule has 7 nitrogen and oxygen atoms in total. The topological polar surface area (TPSA) is 72.4 Å². The van der Waals surface area contributed by atoms with Gasteiger partial charge in [-0.2, -0.15) is 0 Å². The molecule has 0 spiro atoms. The van der Waals surface area contributed by atoms with E-state index >= 15 is 0 Å². The van der Waals surface area contributed by atoms with Crippen molar-refractivity contribution in [3.05, 3.63) is 12.0 Å². The number of nitrogens with one attached hydrogen (secondary N) is 1. The van der Waals surface area contributed by atoms with Crippen LogP contribution in [-0.4, -0.2) is 34.3 Å². The van der Waals surface area contributed by atoms with E-state index in [4.69, 9.17) is 44.4 Å².